The average molecular weight is 306 g/mol. The SMILES string of the molecule is N#Cc1ccc(N2CCC(N(c3ccncn3)C3CC3)C2)nc1. The van der Waals surface area contributed by atoms with E-state index in [4.69, 9.17) is 5.26 Å². The molecule has 0 N–H and O–H groups in total. The molecular formula is C17H18N6. The molecule has 1 aliphatic heterocycles. The maximum Gasteiger partial charge on any atom is 0.132 e. The predicted octanol–water partition coefficient (Wildman–Crippen LogP) is 1.99. The Morgan fingerprint density at radius 1 is 1.13 bits per heavy atom. The van der Waals surface area contributed by atoms with Gasteiger partial charge in [0, 0.05) is 37.6 Å². The lowest BCUT2D eigenvalue weighted by atomic mass is 10.2. The van der Waals surface area contributed by atoms with Crippen LogP contribution >= 0.6 is 0 Å². The van der Waals surface area contributed by atoms with Gasteiger partial charge in [-0.15, -0.1) is 0 Å². The monoisotopic (exact) mass is 306 g/mol. The molecule has 1 saturated carbocycles. The van der Waals surface area contributed by atoms with E-state index in [1.165, 1.54) is 12.8 Å². The molecule has 2 fully saturated rings. The zero-order valence-electron chi connectivity index (χ0n) is 12.8. The first-order valence-electron chi connectivity index (χ1n) is 8.00. The number of aromatic nitrogens is 3. The van der Waals surface area contributed by atoms with Gasteiger partial charge in [0.25, 0.3) is 0 Å². The summed E-state index contributed by atoms with van der Waals surface area (Å²) >= 11 is 0. The van der Waals surface area contributed by atoms with E-state index in [-0.39, 0.29) is 0 Å². The second kappa shape index (κ2) is 5.84. The fraction of sp³-hybridized carbons (Fsp3) is 0.412. The lowest BCUT2D eigenvalue weighted by Gasteiger charge is -2.30. The van der Waals surface area contributed by atoms with Gasteiger partial charge in [-0.1, -0.05) is 0 Å². The summed E-state index contributed by atoms with van der Waals surface area (Å²) in [6.07, 6.45) is 8.67. The standard InChI is InChI=1S/C17H18N6/c18-9-13-1-4-16(20-10-13)22-8-6-15(11-22)23(14-2-3-14)17-5-7-19-12-21-17/h1,4-5,7,10,12,14-15H,2-3,6,8,11H2. The van der Waals surface area contributed by atoms with Gasteiger partial charge in [-0.2, -0.15) is 5.26 Å². The maximum absolute atomic E-state index is 8.88. The first-order valence-corrected chi connectivity index (χ1v) is 8.00. The van der Waals surface area contributed by atoms with Crippen LogP contribution in [0.25, 0.3) is 0 Å². The molecule has 1 saturated heterocycles. The second-order valence-corrected chi connectivity index (χ2v) is 6.11. The largest absolute Gasteiger partial charge is 0.354 e. The molecule has 2 aliphatic rings. The number of hydrogen-bond donors (Lipinski definition) is 0. The summed E-state index contributed by atoms with van der Waals surface area (Å²) in [4.78, 5) is 17.7. The highest BCUT2D eigenvalue weighted by atomic mass is 15.3. The Hall–Kier alpha value is -2.68. The Balaban J connectivity index is 1.51. The molecule has 4 rings (SSSR count). The highest BCUT2D eigenvalue weighted by Gasteiger charge is 2.38. The normalized spacial score (nSPS) is 20.3. The molecule has 3 heterocycles. The molecule has 2 aromatic heterocycles. The predicted molar refractivity (Wildman–Crippen MR) is 87.1 cm³/mol. The van der Waals surface area contributed by atoms with Gasteiger partial charge in [-0.3, -0.25) is 0 Å². The van der Waals surface area contributed by atoms with Crippen molar-refractivity contribution in [2.45, 2.75) is 31.3 Å². The minimum absolute atomic E-state index is 0.454. The molecule has 0 radical (unpaired) electrons. The lowest BCUT2D eigenvalue weighted by Crippen LogP contribution is -2.40. The molecule has 1 atom stereocenters. The highest BCUT2D eigenvalue weighted by molar-refractivity contribution is 5.47. The van der Waals surface area contributed by atoms with Crippen molar-refractivity contribution in [3.63, 3.8) is 0 Å². The number of hydrogen-bond acceptors (Lipinski definition) is 6. The number of anilines is 2. The van der Waals surface area contributed by atoms with Crippen LogP contribution in [0.1, 0.15) is 24.8 Å². The maximum atomic E-state index is 8.88. The van der Waals surface area contributed by atoms with Crippen molar-refractivity contribution >= 4 is 11.6 Å². The molecule has 0 spiro atoms. The van der Waals surface area contributed by atoms with Crippen molar-refractivity contribution in [1.29, 1.82) is 5.26 Å². The van der Waals surface area contributed by atoms with E-state index in [1.807, 2.05) is 24.4 Å². The number of nitrogens with zero attached hydrogens (tertiary/aromatic N) is 6. The van der Waals surface area contributed by atoms with Crippen molar-refractivity contribution in [3.05, 3.63) is 42.5 Å². The summed E-state index contributed by atoms with van der Waals surface area (Å²) in [5, 5.41) is 8.88. The summed E-state index contributed by atoms with van der Waals surface area (Å²) in [6, 6.07) is 8.95. The molecule has 0 amide bonds. The van der Waals surface area contributed by atoms with E-state index in [9.17, 15) is 0 Å². The Kier molecular flexibility index (Phi) is 3.54. The Bertz CT molecular complexity index is 704. The van der Waals surface area contributed by atoms with Gasteiger partial charge in [-0.05, 0) is 37.5 Å². The van der Waals surface area contributed by atoms with E-state index in [0.717, 1.165) is 31.1 Å². The van der Waals surface area contributed by atoms with Crippen LogP contribution < -0.4 is 9.80 Å². The summed E-state index contributed by atoms with van der Waals surface area (Å²) in [5.74, 6) is 1.98. The van der Waals surface area contributed by atoms with Crippen molar-refractivity contribution < 1.29 is 0 Å². The Labute approximate surface area is 135 Å². The molecule has 1 unspecified atom stereocenters. The van der Waals surface area contributed by atoms with E-state index in [1.54, 1.807) is 12.5 Å². The minimum atomic E-state index is 0.454. The molecule has 0 aromatic carbocycles. The molecule has 116 valence electrons. The van der Waals surface area contributed by atoms with Crippen LogP contribution in [0.4, 0.5) is 11.6 Å². The third kappa shape index (κ3) is 2.82. The molecule has 2 aromatic rings. The van der Waals surface area contributed by atoms with Gasteiger partial charge >= 0.3 is 0 Å². The summed E-state index contributed by atoms with van der Waals surface area (Å²) < 4.78 is 0. The quantitative estimate of drug-likeness (QED) is 0.860. The van der Waals surface area contributed by atoms with Gasteiger partial charge in [0.05, 0.1) is 5.56 Å². The van der Waals surface area contributed by atoms with Crippen LogP contribution in [0, 0.1) is 11.3 Å². The summed E-state index contributed by atoms with van der Waals surface area (Å²) in [6.45, 7) is 1.93. The van der Waals surface area contributed by atoms with Crippen molar-refractivity contribution in [1.82, 2.24) is 15.0 Å². The lowest BCUT2D eigenvalue weighted by molar-refractivity contribution is 0.624. The number of pyridine rings is 1. The van der Waals surface area contributed by atoms with E-state index >= 15 is 0 Å². The zero-order valence-corrected chi connectivity index (χ0v) is 12.8. The fourth-order valence-corrected chi connectivity index (χ4v) is 3.28. The first kappa shape index (κ1) is 13.9. The van der Waals surface area contributed by atoms with Gasteiger partial charge in [0.2, 0.25) is 0 Å². The van der Waals surface area contributed by atoms with Crippen LogP contribution in [-0.4, -0.2) is 40.1 Å². The molecule has 6 heteroatoms. The van der Waals surface area contributed by atoms with E-state index in [2.05, 4.69) is 30.8 Å². The Morgan fingerprint density at radius 3 is 2.70 bits per heavy atom. The van der Waals surface area contributed by atoms with Crippen LogP contribution in [-0.2, 0) is 0 Å². The molecule has 0 bridgehead atoms. The van der Waals surface area contributed by atoms with Gasteiger partial charge in [0.1, 0.15) is 24.0 Å². The second-order valence-electron chi connectivity index (χ2n) is 6.11. The van der Waals surface area contributed by atoms with Gasteiger partial charge in [0.15, 0.2) is 0 Å². The van der Waals surface area contributed by atoms with Crippen molar-refractivity contribution in [3.8, 4) is 6.07 Å². The topological polar surface area (TPSA) is 68.9 Å². The molecular weight excluding hydrogens is 288 g/mol. The number of rotatable bonds is 4. The zero-order chi connectivity index (χ0) is 15.6. The van der Waals surface area contributed by atoms with Gasteiger partial charge in [-0.25, -0.2) is 15.0 Å². The third-order valence-corrected chi connectivity index (χ3v) is 4.53. The Morgan fingerprint density at radius 2 is 2.04 bits per heavy atom. The highest BCUT2D eigenvalue weighted by Crippen LogP contribution is 2.35. The van der Waals surface area contributed by atoms with Crippen molar-refractivity contribution in [2.24, 2.45) is 0 Å². The van der Waals surface area contributed by atoms with Crippen LogP contribution in [0.3, 0.4) is 0 Å². The smallest absolute Gasteiger partial charge is 0.132 e. The van der Waals surface area contributed by atoms with Crippen LogP contribution in [0.15, 0.2) is 36.9 Å². The fourth-order valence-electron chi connectivity index (χ4n) is 3.28. The number of nitriles is 1. The minimum Gasteiger partial charge on any atom is -0.354 e. The first-order chi connectivity index (χ1) is 11.3. The molecule has 6 nitrogen and oxygen atoms in total. The van der Waals surface area contributed by atoms with Crippen LogP contribution in [0.2, 0.25) is 0 Å². The molecule has 23 heavy (non-hydrogen) atoms. The van der Waals surface area contributed by atoms with Gasteiger partial charge < -0.3 is 9.80 Å². The summed E-state index contributed by atoms with van der Waals surface area (Å²) in [5.41, 5.74) is 0.602. The third-order valence-electron chi connectivity index (χ3n) is 4.53. The molecule has 1 aliphatic carbocycles. The van der Waals surface area contributed by atoms with Crippen LogP contribution in [0.5, 0.6) is 0 Å². The van der Waals surface area contributed by atoms with Crippen molar-refractivity contribution in [2.75, 3.05) is 22.9 Å². The average Bonchev–Trinajstić information content (AvgIpc) is 3.32. The van der Waals surface area contributed by atoms with E-state index in [0.29, 0.717) is 17.6 Å². The van der Waals surface area contributed by atoms with E-state index < -0.39 is 0 Å². The summed E-state index contributed by atoms with van der Waals surface area (Å²) in [7, 11) is 0.